The molecule has 2 aromatic rings. The first kappa shape index (κ1) is 40.8. The van der Waals surface area contributed by atoms with E-state index in [0.29, 0.717) is 83.8 Å². The molecule has 0 radical (unpaired) electrons. The summed E-state index contributed by atoms with van der Waals surface area (Å²) in [4.78, 5) is 70.0. The Morgan fingerprint density at radius 1 is 0.889 bits per heavy atom. The van der Waals surface area contributed by atoms with Crippen LogP contribution in [0.1, 0.15) is 88.7 Å². The Hall–Kier alpha value is -4.33. The molecule has 13 heteroatoms. The van der Waals surface area contributed by atoms with Crippen LogP contribution in [0.3, 0.4) is 0 Å². The third-order valence-electron chi connectivity index (χ3n) is 11.5. The SMILES string of the molecule is COC(=O)C1(N)CC2(CCN(C(=O)[C@@H](CCCCN)NC(=O)[C@@H](CC(C)C)NC(=O)C3(NC(=O)[C@H](N)Cc4ccccc4)C[C@@H]3c3ccccc3)CC2)C1. The van der Waals surface area contributed by atoms with Crippen LogP contribution in [0.15, 0.2) is 60.7 Å². The van der Waals surface area contributed by atoms with Crippen LogP contribution in [0.2, 0.25) is 0 Å². The zero-order valence-corrected chi connectivity index (χ0v) is 32.0. The van der Waals surface area contributed by atoms with E-state index in [2.05, 4.69) is 16.0 Å². The van der Waals surface area contributed by atoms with Gasteiger partial charge in [-0.15, -0.1) is 0 Å². The third-order valence-corrected chi connectivity index (χ3v) is 11.5. The summed E-state index contributed by atoms with van der Waals surface area (Å²) < 4.78 is 4.90. The van der Waals surface area contributed by atoms with E-state index >= 15 is 0 Å². The van der Waals surface area contributed by atoms with Gasteiger partial charge in [-0.05, 0) is 93.2 Å². The van der Waals surface area contributed by atoms with Crippen LogP contribution in [0.25, 0.3) is 0 Å². The molecule has 2 aromatic carbocycles. The van der Waals surface area contributed by atoms with Gasteiger partial charge in [0.2, 0.25) is 23.6 Å². The Labute approximate surface area is 318 Å². The standard InChI is InChI=1S/C41H59N7O6/c1-27(2)22-33(35(50)45-32(16-10-11-19-42)36(51)48-20-17-39(18-21-48)25-40(44,26-39)38(53)54-3)46-37(52)41(24-30(41)29-14-8-5-9-15-29)47-34(49)31(43)23-28-12-6-4-7-13-28/h4-9,12-15,27,30-33H,10-11,16-26,42-44H2,1-3H3,(H,45,50)(H,46,52)(H,47,49)/t30-,31-,32-,33-,41?/m1/s1. The number of hydrogen-bond acceptors (Lipinski definition) is 9. The van der Waals surface area contributed by atoms with Crippen LogP contribution in [0, 0.1) is 11.3 Å². The molecule has 4 amide bonds. The van der Waals surface area contributed by atoms with Gasteiger partial charge in [0, 0.05) is 19.0 Å². The van der Waals surface area contributed by atoms with Gasteiger partial charge in [0.15, 0.2) is 0 Å². The van der Waals surface area contributed by atoms with Crippen LogP contribution >= 0.6 is 0 Å². The molecule has 5 rings (SSSR count). The van der Waals surface area contributed by atoms with Crippen molar-refractivity contribution in [3.63, 3.8) is 0 Å². The third kappa shape index (κ3) is 9.48. The fourth-order valence-corrected chi connectivity index (χ4v) is 8.49. The number of ether oxygens (including phenoxy) is 1. The lowest BCUT2D eigenvalue weighted by atomic mass is 9.54. The zero-order chi connectivity index (χ0) is 39.1. The van der Waals surface area contributed by atoms with E-state index in [4.69, 9.17) is 21.9 Å². The van der Waals surface area contributed by atoms with Gasteiger partial charge in [0.1, 0.15) is 23.2 Å². The number of likely N-dealkylation sites (tertiary alicyclic amines) is 1. The molecule has 294 valence electrons. The molecule has 0 aromatic heterocycles. The van der Waals surface area contributed by atoms with Gasteiger partial charge in [-0.25, -0.2) is 0 Å². The number of nitrogens with one attached hydrogen (secondary N) is 3. The number of carbonyl (C=O) groups excluding carboxylic acids is 5. The van der Waals surface area contributed by atoms with E-state index < -0.39 is 52.9 Å². The number of hydrogen-bond donors (Lipinski definition) is 6. The highest BCUT2D eigenvalue weighted by molar-refractivity contribution is 6.00. The fraction of sp³-hybridized carbons (Fsp3) is 0.585. The van der Waals surface area contributed by atoms with E-state index in [1.165, 1.54) is 7.11 Å². The molecule has 3 fully saturated rings. The van der Waals surface area contributed by atoms with Crippen molar-refractivity contribution in [1.82, 2.24) is 20.9 Å². The van der Waals surface area contributed by atoms with Crippen LogP contribution in [-0.4, -0.2) is 90.4 Å². The van der Waals surface area contributed by atoms with Crippen LogP contribution in [0.4, 0.5) is 0 Å². The lowest BCUT2D eigenvalue weighted by Gasteiger charge is -2.56. The molecule has 1 unspecified atom stereocenters. The lowest BCUT2D eigenvalue weighted by Crippen LogP contribution is -2.66. The summed E-state index contributed by atoms with van der Waals surface area (Å²) >= 11 is 0. The monoisotopic (exact) mass is 745 g/mol. The molecule has 5 atom stereocenters. The molecule has 2 aliphatic carbocycles. The first-order chi connectivity index (χ1) is 25.7. The van der Waals surface area contributed by atoms with Crippen molar-refractivity contribution in [1.29, 1.82) is 0 Å². The van der Waals surface area contributed by atoms with Crippen molar-refractivity contribution in [2.75, 3.05) is 26.7 Å². The molecule has 3 aliphatic rings. The second-order valence-electron chi connectivity index (χ2n) is 16.3. The van der Waals surface area contributed by atoms with Crippen molar-refractivity contribution in [3.8, 4) is 0 Å². The summed E-state index contributed by atoms with van der Waals surface area (Å²) in [5, 5.41) is 8.96. The number of nitrogens with zero attached hydrogens (tertiary/aromatic N) is 1. The molecule has 13 nitrogen and oxygen atoms in total. The lowest BCUT2D eigenvalue weighted by molar-refractivity contribution is -0.161. The number of rotatable bonds is 17. The van der Waals surface area contributed by atoms with Crippen molar-refractivity contribution in [2.45, 2.75) is 113 Å². The maximum Gasteiger partial charge on any atom is 0.325 e. The van der Waals surface area contributed by atoms with Crippen LogP contribution in [0.5, 0.6) is 0 Å². The van der Waals surface area contributed by atoms with Gasteiger partial charge >= 0.3 is 5.97 Å². The number of unbranched alkanes of at least 4 members (excludes halogenated alkanes) is 1. The van der Waals surface area contributed by atoms with Crippen molar-refractivity contribution in [3.05, 3.63) is 71.8 Å². The Kier molecular flexibility index (Phi) is 13.2. The topological polar surface area (TPSA) is 212 Å². The van der Waals surface area contributed by atoms with Crippen LogP contribution in [-0.2, 0) is 35.1 Å². The maximum atomic E-state index is 14.3. The molecule has 1 spiro atoms. The van der Waals surface area contributed by atoms with E-state index in [1.54, 1.807) is 4.90 Å². The van der Waals surface area contributed by atoms with Gasteiger partial charge in [0.25, 0.3) is 0 Å². The quantitative estimate of drug-likeness (QED) is 0.103. The smallest absolute Gasteiger partial charge is 0.325 e. The summed E-state index contributed by atoms with van der Waals surface area (Å²) in [5.74, 6) is -2.24. The molecule has 54 heavy (non-hydrogen) atoms. The number of benzene rings is 2. The summed E-state index contributed by atoms with van der Waals surface area (Å²) in [7, 11) is 1.34. The molecule has 1 heterocycles. The highest BCUT2D eigenvalue weighted by Crippen LogP contribution is 2.54. The minimum atomic E-state index is -1.29. The first-order valence-electron chi connectivity index (χ1n) is 19.4. The van der Waals surface area contributed by atoms with E-state index in [1.807, 2.05) is 74.5 Å². The molecule has 9 N–H and O–H groups in total. The Morgan fingerprint density at radius 2 is 1.52 bits per heavy atom. The number of esters is 1. The van der Waals surface area contributed by atoms with E-state index in [-0.39, 0.29) is 23.2 Å². The number of piperidine rings is 1. The summed E-state index contributed by atoms with van der Waals surface area (Å²) in [5.41, 5.74) is 17.8. The first-order valence-corrected chi connectivity index (χ1v) is 19.4. The average molecular weight is 746 g/mol. The Bertz CT molecular complexity index is 1620. The number of amides is 4. The highest BCUT2D eigenvalue weighted by Gasteiger charge is 2.62. The van der Waals surface area contributed by atoms with Gasteiger partial charge in [-0.3, -0.25) is 24.0 Å². The van der Waals surface area contributed by atoms with Gasteiger partial charge in [-0.1, -0.05) is 74.5 Å². The fourth-order valence-electron chi connectivity index (χ4n) is 8.49. The van der Waals surface area contributed by atoms with Gasteiger partial charge in [0.05, 0.1) is 13.2 Å². The predicted octanol–water partition coefficient (Wildman–Crippen LogP) is 2.02. The normalized spacial score (nSPS) is 22.6. The Morgan fingerprint density at radius 3 is 2.11 bits per heavy atom. The molecule has 0 bridgehead atoms. The summed E-state index contributed by atoms with van der Waals surface area (Å²) in [6.07, 6.45) is 5.15. The predicted molar refractivity (Wildman–Crippen MR) is 205 cm³/mol. The molecular weight excluding hydrogens is 686 g/mol. The van der Waals surface area contributed by atoms with Crippen molar-refractivity contribution >= 4 is 29.6 Å². The zero-order valence-electron chi connectivity index (χ0n) is 32.0. The number of nitrogens with two attached hydrogens (primary N) is 3. The summed E-state index contributed by atoms with van der Waals surface area (Å²) in [6, 6.07) is 16.3. The molecule has 1 aliphatic heterocycles. The largest absolute Gasteiger partial charge is 0.468 e. The number of carbonyl (C=O) groups is 5. The number of methoxy groups -OCH3 is 1. The van der Waals surface area contributed by atoms with Crippen molar-refractivity contribution < 1.29 is 28.7 Å². The maximum absolute atomic E-state index is 14.3. The minimum absolute atomic E-state index is 0.0295. The second kappa shape index (κ2) is 17.4. The minimum Gasteiger partial charge on any atom is -0.468 e. The Balaban J connectivity index is 1.28. The second-order valence-corrected chi connectivity index (χ2v) is 16.3. The average Bonchev–Trinajstić information content (AvgIpc) is 3.88. The summed E-state index contributed by atoms with van der Waals surface area (Å²) in [6.45, 7) is 5.35. The highest BCUT2D eigenvalue weighted by atomic mass is 16.5. The van der Waals surface area contributed by atoms with E-state index in [9.17, 15) is 24.0 Å². The van der Waals surface area contributed by atoms with E-state index in [0.717, 1.165) is 11.1 Å². The molecular formula is C41H59N7O6. The van der Waals surface area contributed by atoms with Gasteiger partial charge in [-0.2, -0.15) is 0 Å². The van der Waals surface area contributed by atoms with Crippen molar-refractivity contribution in [2.24, 2.45) is 28.5 Å². The molecule has 1 saturated heterocycles. The molecule has 2 saturated carbocycles. The van der Waals surface area contributed by atoms with Gasteiger partial charge < -0.3 is 42.8 Å². The van der Waals surface area contributed by atoms with Crippen LogP contribution < -0.4 is 33.2 Å².